The van der Waals surface area contributed by atoms with Crippen LogP contribution in [-0.2, 0) is 15.3 Å². The molecule has 0 amide bonds. The number of hydrogen-bond donors (Lipinski definition) is 0. The van der Waals surface area contributed by atoms with Gasteiger partial charge in [-0.1, -0.05) is 6.08 Å². The van der Waals surface area contributed by atoms with Gasteiger partial charge in [-0.2, -0.15) is 0 Å². The summed E-state index contributed by atoms with van der Waals surface area (Å²) < 4.78 is 11.3. The van der Waals surface area contributed by atoms with Gasteiger partial charge in [0, 0.05) is 4.88 Å². The fourth-order valence-electron chi connectivity index (χ4n) is 1.85. The summed E-state index contributed by atoms with van der Waals surface area (Å²) in [6.45, 7) is 7.51. The lowest BCUT2D eigenvalue weighted by Gasteiger charge is -2.21. The van der Waals surface area contributed by atoms with E-state index in [-0.39, 0.29) is 0 Å². The van der Waals surface area contributed by atoms with Crippen LogP contribution in [0.15, 0.2) is 12.1 Å². The second-order valence-corrected chi connectivity index (χ2v) is 4.89. The van der Waals surface area contributed by atoms with Gasteiger partial charge in [-0.25, -0.2) is 0 Å². The lowest BCUT2D eigenvalue weighted by atomic mass is 10.1. The third-order valence-electron chi connectivity index (χ3n) is 2.52. The molecule has 1 aromatic heterocycles. The minimum atomic E-state index is -0.519. The second kappa shape index (κ2) is 4.08. The molecular weight excluding hydrogens is 208 g/mol. The standard InChI is InChI=1S/C12H16O2S/c1-4-5-10-8-9(2)11(15-10)12(3)13-6-7-14-12/h4-5,8H,6-7H2,1-3H3/b5-4+. The molecule has 2 rings (SSSR count). The Morgan fingerprint density at radius 1 is 1.40 bits per heavy atom. The predicted molar refractivity (Wildman–Crippen MR) is 63.0 cm³/mol. The van der Waals surface area contributed by atoms with Crippen LogP contribution in [0.3, 0.4) is 0 Å². The molecule has 0 N–H and O–H groups in total. The molecule has 1 aromatic rings. The highest BCUT2D eigenvalue weighted by Crippen LogP contribution is 2.38. The molecule has 1 fully saturated rings. The highest BCUT2D eigenvalue weighted by molar-refractivity contribution is 7.13. The molecule has 3 heteroatoms. The average Bonchev–Trinajstić information content (AvgIpc) is 2.75. The summed E-state index contributed by atoms with van der Waals surface area (Å²) in [5, 5.41) is 0. The Bertz CT molecular complexity index is 373. The monoisotopic (exact) mass is 224 g/mol. The van der Waals surface area contributed by atoms with Gasteiger partial charge in [0.15, 0.2) is 0 Å². The van der Waals surface area contributed by atoms with Crippen LogP contribution < -0.4 is 0 Å². The summed E-state index contributed by atoms with van der Waals surface area (Å²) in [4.78, 5) is 2.44. The number of aryl methyl sites for hydroxylation is 1. The van der Waals surface area contributed by atoms with Crippen LogP contribution in [0.2, 0.25) is 0 Å². The highest BCUT2D eigenvalue weighted by Gasteiger charge is 2.35. The zero-order chi connectivity index (χ0) is 10.9. The van der Waals surface area contributed by atoms with Gasteiger partial charge in [-0.05, 0) is 38.5 Å². The molecule has 0 unspecified atom stereocenters. The second-order valence-electron chi connectivity index (χ2n) is 3.80. The Labute approximate surface area is 94.5 Å². The van der Waals surface area contributed by atoms with E-state index in [1.165, 1.54) is 15.3 Å². The number of hydrogen-bond acceptors (Lipinski definition) is 3. The summed E-state index contributed by atoms with van der Waals surface area (Å²) in [6.07, 6.45) is 4.16. The normalized spacial score (nSPS) is 20.2. The summed E-state index contributed by atoms with van der Waals surface area (Å²) in [6, 6.07) is 2.18. The van der Waals surface area contributed by atoms with Crippen LogP contribution >= 0.6 is 11.3 Å². The number of thiophene rings is 1. The molecule has 0 spiro atoms. The third kappa shape index (κ3) is 2.00. The Balaban J connectivity index is 2.35. The zero-order valence-corrected chi connectivity index (χ0v) is 10.2. The molecule has 0 aromatic carbocycles. The van der Waals surface area contributed by atoms with Crippen molar-refractivity contribution in [2.75, 3.05) is 13.2 Å². The first-order valence-corrected chi connectivity index (χ1v) is 5.99. The van der Waals surface area contributed by atoms with Crippen molar-refractivity contribution >= 4 is 17.4 Å². The lowest BCUT2D eigenvalue weighted by Crippen LogP contribution is -2.21. The molecule has 0 saturated carbocycles. The van der Waals surface area contributed by atoms with E-state index in [4.69, 9.17) is 9.47 Å². The minimum Gasteiger partial charge on any atom is -0.343 e. The molecule has 0 radical (unpaired) electrons. The van der Waals surface area contributed by atoms with Gasteiger partial charge in [-0.3, -0.25) is 0 Å². The zero-order valence-electron chi connectivity index (χ0n) is 9.37. The molecule has 1 aliphatic rings. The molecular formula is C12H16O2S. The lowest BCUT2D eigenvalue weighted by molar-refractivity contribution is -0.147. The smallest absolute Gasteiger partial charge is 0.201 e. The van der Waals surface area contributed by atoms with E-state index in [1.54, 1.807) is 11.3 Å². The van der Waals surface area contributed by atoms with Gasteiger partial charge in [0.1, 0.15) is 0 Å². The van der Waals surface area contributed by atoms with Gasteiger partial charge < -0.3 is 9.47 Å². The maximum atomic E-state index is 5.66. The maximum Gasteiger partial charge on any atom is 0.201 e. The fourth-order valence-corrected chi connectivity index (χ4v) is 3.05. The first-order valence-electron chi connectivity index (χ1n) is 5.17. The SMILES string of the molecule is C/C=C/c1cc(C)c(C2(C)OCCO2)s1. The summed E-state index contributed by atoms with van der Waals surface area (Å²) in [5.41, 5.74) is 1.25. The van der Waals surface area contributed by atoms with Crippen molar-refractivity contribution in [3.05, 3.63) is 27.5 Å². The quantitative estimate of drug-likeness (QED) is 0.767. The Hall–Kier alpha value is -0.640. The molecule has 0 bridgehead atoms. The minimum absolute atomic E-state index is 0.519. The van der Waals surface area contributed by atoms with E-state index < -0.39 is 5.79 Å². The van der Waals surface area contributed by atoms with E-state index in [1.807, 2.05) is 19.9 Å². The average molecular weight is 224 g/mol. The van der Waals surface area contributed by atoms with Crippen molar-refractivity contribution in [3.63, 3.8) is 0 Å². The Morgan fingerprint density at radius 2 is 2.07 bits per heavy atom. The van der Waals surface area contributed by atoms with Crippen LogP contribution in [0.1, 0.15) is 29.2 Å². The largest absolute Gasteiger partial charge is 0.343 e. The topological polar surface area (TPSA) is 18.5 Å². The van der Waals surface area contributed by atoms with E-state index in [2.05, 4.69) is 19.1 Å². The van der Waals surface area contributed by atoms with Crippen molar-refractivity contribution in [2.45, 2.75) is 26.6 Å². The molecule has 1 aliphatic heterocycles. The van der Waals surface area contributed by atoms with Gasteiger partial charge in [0.25, 0.3) is 0 Å². The maximum absolute atomic E-state index is 5.66. The third-order valence-corrected chi connectivity index (χ3v) is 3.91. The molecule has 1 saturated heterocycles. The number of allylic oxidation sites excluding steroid dienone is 1. The van der Waals surface area contributed by atoms with Crippen molar-refractivity contribution in [1.29, 1.82) is 0 Å². The fraction of sp³-hybridized carbons (Fsp3) is 0.500. The molecule has 0 aliphatic carbocycles. The Kier molecular flexibility index (Phi) is 2.96. The van der Waals surface area contributed by atoms with Crippen molar-refractivity contribution in [3.8, 4) is 0 Å². The Morgan fingerprint density at radius 3 is 2.67 bits per heavy atom. The van der Waals surface area contributed by atoms with E-state index in [0.717, 1.165) is 0 Å². The number of ether oxygens (including phenoxy) is 2. The van der Waals surface area contributed by atoms with Crippen molar-refractivity contribution in [2.24, 2.45) is 0 Å². The van der Waals surface area contributed by atoms with Gasteiger partial charge >= 0.3 is 0 Å². The number of rotatable bonds is 2. The van der Waals surface area contributed by atoms with Crippen molar-refractivity contribution < 1.29 is 9.47 Å². The van der Waals surface area contributed by atoms with Gasteiger partial charge in [0.05, 0.1) is 18.1 Å². The van der Waals surface area contributed by atoms with Crippen molar-refractivity contribution in [1.82, 2.24) is 0 Å². The highest BCUT2D eigenvalue weighted by atomic mass is 32.1. The summed E-state index contributed by atoms with van der Waals surface area (Å²) in [5.74, 6) is -0.519. The molecule has 15 heavy (non-hydrogen) atoms. The first kappa shape index (κ1) is 10.9. The van der Waals surface area contributed by atoms with Crippen LogP contribution in [0, 0.1) is 6.92 Å². The molecule has 0 atom stereocenters. The van der Waals surface area contributed by atoms with E-state index in [9.17, 15) is 0 Å². The van der Waals surface area contributed by atoms with Crippen LogP contribution in [0.25, 0.3) is 6.08 Å². The summed E-state index contributed by atoms with van der Waals surface area (Å²) >= 11 is 1.74. The molecule has 82 valence electrons. The molecule has 2 nitrogen and oxygen atoms in total. The van der Waals surface area contributed by atoms with Gasteiger partial charge in [-0.15, -0.1) is 11.3 Å². The van der Waals surface area contributed by atoms with E-state index in [0.29, 0.717) is 13.2 Å². The summed E-state index contributed by atoms with van der Waals surface area (Å²) in [7, 11) is 0. The molecule has 2 heterocycles. The van der Waals surface area contributed by atoms with Crippen LogP contribution in [0.4, 0.5) is 0 Å². The van der Waals surface area contributed by atoms with Crippen LogP contribution in [-0.4, -0.2) is 13.2 Å². The van der Waals surface area contributed by atoms with Crippen LogP contribution in [0.5, 0.6) is 0 Å². The first-order chi connectivity index (χ1) is 7.15. The van der Waals surface area contributed by atoms with E-state index >= 15 is 0 Å². The van der Waals surface area contributed by atoms with Gasteiger partial charge in [0.2, 0.25) is 5.79 Å². The predicted octanol–water partition coefficient (Wildman–Crippen LogP) is 3.31.